The lowest BCUT2D eigenvalue weighted by molar-refractivity contribution is -0.138. The van der Waals surface area contributed by atoms with E-state index >= 15 is 0 Å². The van der Waals surface area contributed by atoms with Crippen LogP contribution in [0, 0.1) is 5.41 Å². The van der Waals surface area contributed by atoms with Gasteiger partial charge in [0.15, 0.2) is 0 Å². The molecule has 0 bridgehead atoms. The Hall–Kier alpha value is -2.74. The van der Waals surface area contributed by atoms with E-state index in [1.165, 1.54) is 12.1 Å². The van der Waals surface area contributed by atoms with Crippen molar-refractivity contribution in [1.29, 1.82) is 0 Å². The Labute approximate surface area is 214 Å². The first-order chi connectivity index (χ1) is 17.2. The second-order valence-electron chi connectivity index (χ2n) is 9.73. The maximum Gasteiger partial charge on any atom is 0.416 e. The quantitative estimate of drug-likeness (QED) is 0.463. The summed E-state index contributed by atoms with van der Waals surface area (Å²) in [5, 5.41) is 0.604. The molecule has 5 nitrogen and oxygen atoms in total. The summed E-state index contributed by atoms with van der Waals surface area (Å²) < 4.78 is 44.7. The molecule has 0 spiro atoms. The smallest absolute Gasteiger partial charge is 0.416 e. The molecule has 2 aliphatic heterocycles. The topological polar surface area (TPSA) is 49.9 Å². The summed E-state index contributed by atoms with van der Waals surface area (Å²) in [6.45, 7) is 2.67. The molecule has 4 rings (SSSR count). The van der Waals surface area contributed by atoms with Crippen LogP contribution >= 0.6 is 11.6 Å². The van der Waals surface area contributed by atoms with Crippen molar-refractivity contribution in [3.63, 3.8) is 0 Å². The van der Waals surface area contributed by atoms with Gasteiger partial charge in [-0.05, 0) is 80.6 Å². The van der Waals surface area contributed by atoms with E-state index in [1.807, 2.05) is 4.90 Å². The molecule has 2 aromatic rings. The minimum atomic E-state index is -4.45. The molecule has 0 unspecified atom stereocenters. The highest BCUT2D eigenvalue weighted by molar-refractivity contribution is 6.30. The molecular weight excluding hydrogens is 493 g/mol. The van der Waals surface area contributed by atoms with Gasteiger partial charge in [0.05, 0.1) is 12.2 Å². The highest BCUT2D eigenvalue weighted by atomic mass is 35.5. The van der Waals surface area contributed by atoms with Crippen LogP contribution < -0.4 is 4.74 Å². The molecule has 0 aliphatic carbocycles. The summed E-state index contributed by atoms with van der Waals surface area (Å²) in [6.07, 6.45) is 0.166. The Morgan fingerprint density at radius 3 is 2.06 bits per heavy atom. The zero-order valence-corrected chi connectivity index (χ0v) is 20.8. The third kappa shape index (κ3) is 6.52. The van der Waals surface area contributed by atoms with Crippen LogP contribution in [0.5, 0.6) is 5.75 Å². The SMILES string of the molecule is O=C(CC1(COc2ccc(Cl)cc2)CCN(C(=O)c2ccc(C(F)(F)F)cc2)CC1)N1CCCCC1. The molecule has 0 aromatic heterocycles. The third-order valence-corrected chi connectivity index (χ3v) is 7.42. The van der Waals surface area contributed by atoms with Gasteiger partial charge in [0.1, 0.15) is 5.75 Å². The van der Waals surface area contributed by atoms with Gasteiger partial charge in [-0.25, -0.2) is 0 Å². The molecule has 2 fully saturated rings. The lowest BCUT2D eigenvalue weighted by Gasteiger charge is -2.42. The lowest BCUT2D eigenvalue weighted by Crippen LogP contribution is -2.48. The number of hydrogen-bond acceptors (Lipinski definition) is 3. The number of hydrogen-bond donors (Lipinski definition) is 0. The number of carbonyl (C=O) groups is 2. The number of carbonyl (C=O) groups excluding carboxylic acids is 2. The highest BCUT2D eigenvalue weighted by Gasteiger charge is 2.40. The van der Waals surface area contributed by atoms with E-state index in [0.717, 1.165) is 44.5 Å². The maximum absolute atomic E-state index is 13.2. The fraction of sp³-hybridized carbons (Fsp3) is 0.481. The third-order valence-electron chi connectivity index (χ3n) is 7.16. The minimum Gasteiger partial charge on any atom is -0.493 e. The number of halogens is 4. The van der Waals surface area contributed by atoms with E-state index in [4.69, 9.17) is 16.3 Å². The average Bonchev–Trinajstić information content (AvgIpc) is 2.88. The van der Waals surface area contributed by atoms with Gasteiger partial charge in [-0.15, -0.1) is 0 Å². The van der Waals surface area contributed by atoms with Crippen LogP contribution in [-0.2, 0) is 11.0 Å². The summed E-state index contributed by atoms with van der Waals surface area (Å²) in [5.41, 5.74) is -1.00. The first-order valence-corrected chi connectivity index (χ1v) is 12.7. The molecule has 2 aromatic carbocycles. The Balaban J connectivity index is 1.44. The van der Waals surface area contributed by atoms with Gasteiger partial charge in [-0.1, -0.05) is 11.6 Å². The first kappa shape index (κ1) is 26.3. The number of likely N-dealkylation sites (tertiary alicyclic amines) is 2. The van der Waals surface area contributed by atoms with Crippen molar-refractivity contribution in [2.75, 3.05) is 32.8 Å². The van der Waals surface area contributed by atoms with Crippen molar-refractivity contribution in [3.8, 4) is 5.75 Å². The second-order valence-corrected chi connectivity index (χ2v) is 10.2. The van der Waals surface area contributed by atoms with Gasteiger partial charge < -0.3 is 14.5 Å². The van der Waals surface area contributed by atoms with Gasteiger partial charge in [-0.3, -0.25) is 9.59 Å². The van der Waals surface area contributed by atoms with E-state index in [9.17, 15) is 22.8 Å². The molecule has 0 atom stereocenters. The van der Waals surface area contributed by atoms with Crippen molar-refractivity contribution < 1.29 is 27.5 Å². The predicted octanol–water partition coefficient (Wildman–Crippen LogP) is 6.06. The molecule has 2 heterocycles. The molecule has 2 saturated heterocycles. The van der Waals surface area contributed by atoms with E-state index in [0.29, 0.717) is 49.7 Å². The Morgan fingerprint density at radius 2 is 1.47 bits per heavy atom. The van der Waals surface area contributed by atoms with Gasteiger partial charge in [0.25, 0.3) is 5.91 Å². The lowest BCUT2D eigenvalue weighted by atomic mass is 9.75. The summed E-state index contributed by atoms with van der Waals surface area (Å²) >= 11 is 5.97. The number of alkyl halides is 3. The highest BCUT2D eigenvalue weighted by Crippen LogP contribution is 2.38. The van der Waals surface area contributed by atoms with Crippen LogP contribution in [0.1, 0.15) is 54.4 Å². The van der Waals surface area contributed by atoms with Crippen LogP contribution in [0.3, 0.4) is 0 Å². The molecule has 2 amide bonds. The van der Waals surface area contributed by atoms with E-state index < -0.39 is 17.2 Å². The molecule has 0 N–H and O–H groups in total. The molecule has 2 aliphatic rings. The van der Waals surface area contributed by atoms with Gasteiger partial charge in [0, 0.05) is 48.6 Å². The first-order valence-electron chi connectivity index (χ1n) is 12.3. The normalized spacial score (nSPS) is 18.1. The van der Waals surface area contributed by atoms with Gasteiger partial charge in [-0.2, -0.15) is 13.2 Å². The summed E-state index contributed by atoms with van der Waals surface area (Å²) in [6, 6.07) is 11.4. The van der Waals surface area contributed by atoms with Crippen molar-refractivity contribution in [1.82, 2.24) is 9.80 Å². The van der Waals surface area contributed by atoms with Gasteiger partial charge >= 0.3 is 6.18 Å². The molecule has 9 heteroatoms. The van der Waals surface area contributed by atoms with Crippen LogP contribution in [0.4, 0.5) is 13.2 Å². The fourth-order valence-electron chi connectivity index (χ4n) is 4.88. The second kappa shape index (κ2) is 11.1. The van der Waals surface area contributed by atoms with Crippen molar-refractivity contribution in [3.05, 3.63) is 64.7 Å². The van der Waals surface area contributed by atoms with Gasteiger partial charge in [0.2, 0.25) is 5.91 Å². The number of benzene rings is 2. The molecule has 0 radical (unpaired) electrons. The number of ether oxygens (including phenoxy) is 1. The Kier molecular flexibility index (Phi) is 8.13. The zero-order chi connectivity index (χ0) is 25.8. The summed E-state index contributed by atoms with van der Waals surface area (Å²) in [7, 11) is 0. The summed E-state index contributed by atoms with van der Waals surface area (Å²) in [5.74, 6) is 0.461. The summed E-state index contributed by atoms with van der Waals surface area (Å²) in [4.78, 5) is 29.7. The molecule has 36 heavy (non-hydrogen) atoms. The Bertz CT molecular complexity index is 1040. The minimum absolute atomic E-state index is 0.108. The molecule has 0 saturated carbocycles. The zero-order valence-electron chi connectivity index (χ0n) is 20.0. The van der Waals surface area contributed by atoms with E-state index in [2.05, 4.69) is 0 Å². The van der Waals surface area contributed by atoms with E-state index in [-0.39, 0.29) is 17.4 Å². The largest absolute Gasteiger partial charge is 0.493 e. The van der Waals surface area contributed by atoms with Crippen molar-refractivity contribution >= 4 is 23.4 Å². The number of rotatable bonds is 6. The van der Waals surface area contributed by atoms with Crippen LogP contribution in [0.2, 0.25) is 5.02 Å². The monoisotopic (exact) mass is 522 g/mol. The fourth-order valence-corrected chi connectivity index (χ4v) is 5.01. The van der Waals surface area contributed by atoms with Crippen LogP contribution in [0.25, 0.3) is 0 Å². The van der Waals surface area contributed by atoms with Crippen molar-refractivity contribution in [2.24, 2.45) is 5.41 Å². The van der Waals surface area contributed by atoms with Crippen LogP contribution in [-0.4, -0.2) is 54.4 Å². The number of amides is 2. The molecular formula is C27H30ClF3N2O3. The van der Waals surface area contributed by atoms with E-state index in [1.54, 1.807) is 29.2 Å². The number of piperidine rings is 2. The van der Waals surface area contributed by atoms with Crippen molar-refractivity contribution in [2.45, 2.75) is 44.7 Å². The standard InChI is InChI=1S/C27H30ClF3N2O3/c28-22-8-10-23(11-9-22)36-19-26(18-24(34)32-14-2-1-3-15-32)12-16-33(17-13-26)25(35)20-4-6-21(7-5-20)27(29,30)31/h4-11H,1-3,12-19H2. The number of nitrogens with zero attached hydrogens (tertiary/aromatic N) is 2. The molecule has 194 valence electrons. The van der Waals surface area contributed by atoms with Crippen LogP contribution in [0.15, 0.2) is 48.5 Å². The maximum atomic E-state index is 13.2. The average molecular weight is 523 g/mol. The Morgan fingerprint density at radius 1 is 0.861 bits per heavy atom. The predicted molar refractivity (Wildman–Crippen MR) is 131 cm³/mol.